The van der Waals surface area contributed by atoms with Crippen LogP contribution in [0.2, 0.25) is 10.0 Å². The molecule has 108 valence electrons. The number of ether oxygens (including phenoxy) is 1. The molecule has 8 heteroatoms. The summed E-state index contributed by atoms with van der Waals surface area (Å²) in [4.78, 5) is 20.7. The van der Waals surface area contributed by atoms with Crippen molar-refractivity contribution in [1.82, 2.24) is 0 Å². The number of halogens is 3. The van der Waals surface area contributed by atoms with Crippen molar-refractivity contribution in [2.75, 3.05) is 0 Å². The molecular weight excluding hydrogens is 324 g/mol. The minimum absolute atomic E-state index is 0.00486. The number of rotatable bonds is 4. The van der Waals surface area contributed by atoms with Crippen LogP contribution in [0.1, 0.15) is 10.4 Å². The topological polar surface area (TPSA) is 69.4 Å². The molecule has 0 N–H and O–H groups in total. The number of nitro groups is 1. The summed E-state index contributed by atoms with van der Waals surface area (Å²) < 4.78 is 18.6. The number of carbonyl (C=O) groups is 1. The van der Waals surface area contributed by atoms with Gasteiger partial charge in [0.25, 0.3) is 5.69 Å². The van der Waals surface area contributed by atoms with Gasteiger partial charge in [-0.05, 0) is 12.1 Å². The summed E-state index contributed by atoms with van der Waals surface area (Å²) in [7, 11) is 0. The molecule has 0 amide bonds. The van der Waals surface area contributed by atoms with Crippen molar-refractivity contribution in [3.8, 4) is 11.5 Å². The van der Waals surface area contributed by atoms with Crippen LogP contribution in [0.15, 0.2) is 30.3 Å². The van der Waals surface area contributed by atoms with Gasteiger partial charge in [0.15, 0.2) is 5.75 Å². The van der Waals surface area contributed by atoms with E-state index in [1.165, 1.54) is 6.07 Å². The van der Waals surface area contributed by atoms with Crippen LogP contribution < -0.4 is 4.74 Å². The molecule has 0 aliphatic rings. The molecule has 0 aliphatic carbocycles. The molecule has 2 aromatic rings. The third-order valence-corrected chi connectivity index (χ3v) is 3.00. The maximum absolute atomic E-state index is 13.3. The van der Waals surface area contributed by atoms with Crippen molar-refractivity contribution in [3.05, 3.63) is 61.9 Å². The highest BCUT2D eigenvalue weighted by atomic mass is 35.5. The first-order chi connectivity index (χ1) is 9.90. The van der Waals surface area contributed by atoms with Gasteiger partial charge in [-0.15, -0.1) is 0 Å². The summed E-state index contributed by atoms with van der Waals surface area (Å²) in [6, 6.07) is 5.45. The van der Waals surface area contributed by atoms with Crippen LogP contribution in [0.25, 0.3) is 0 Å². The summed E-state index contributed by atoms with van der Waals surface area (Å²) in [5.74, 6) is -0.745. The fourth-order valence-electron chi connectivity index (χ4n) is 1.58. The van der Waals surface area contributed by atoms with Crippen LogP contribution in [0.3, 0.4) is 0 Å². The number of benzene rings is 2. The number of nitro benzene ring substituents is 1. The van der Waals surface area contributed by atoms with E-state index in [2.05, 4.69) is 0 Å². The molecule has 0 aromatic heterocycles. The number of aldehydes is 1. The second-order valence-corrected chi connectivity index (χ2v) is 4.75. The van der Waals surface area contributed by atoms with Crippen molar-refractivity contribution in [2.24, 2.45) is 0 Å². The maximum Gasteiger partial charge on any atom is 0.272 e. The molecule has 0 unspecified atom stereocenters. The van der Waals surface area contributed by atoms with Crippen LogP contribution in [0, 0.1) is 15.9 Å². The molecule has 0 spiro atoms. The van der Waals surface area contributed by atoms with Crippen molar-refractivity contribution in [3.63, 3.8) is 0 Å². The van der Waals surface area contributed by atoms with Crippen LogP contribution in [0.4, 0.5) is 10.1 Å². The Morgan fingerprint density at radius 3 is 2.29 bits per heavy atom. The van der Waals surface area contributed by atoms with Gasteiger partial charge in [-0.3, -0.25) is 14.9 Å². The number of nitrogens with zero attached hydrogens (tertiary/aromatic N) is 1. The van der Waals surface area contributed by atoms with Crippen LogP contribution in [-0.2, 0) is 0 Å². The van der Waals surface area contributed by atoms with E-state index in [9.17, 15) is 19.3 Å². The molecule has 0 aliphatic heterocycles. The first-order valence-corrected chi connectivity index (χ1v) is 6.23. The summed E-state index contributed by atoms with van der Waals surface area (Å²) in [5.41, 5.74) is -0.232. The Morgan fingerprint density at radius 2 is 1.76 bits per heavy atom. The van der Waals surface area contributed by atoms with E-state index in [4.69, 9.17) is 27.9 Å². The van der Waals surface area contributed by atoms with E-state index in [0.29, 0.717) is 6.29 Å². The standard InChI is InChI=1S/C13H6Cl2FNO4/c14-11-4-9(17(19)20)5-12(15)13(11)21-10-2-7(6-18)1-8(16)3-10/h1-6H. The molecule has 0 saturated carbocycles. The number of hydrogen-bond donors (Lipinski definition) is 0. The van der Waals surface area contributed by atoms with E-state index < -0.39 is 10.7 Å². The average Bonchev–Trinajstić information content (AvgIpc) is 2.41. The zero-order valence-electron chi connectivity index (χ0n) is 10.2. The van der Waals surface area contributed by atoms with E-state index in [1.807, 2.05) is 0 Å². The zero-order chi connectivity index (χ0) is 15.6. The molecular formula is C13H6Cl2FNO4. The van der Waals surface area contributed by atoms with E-state index >= 15 is 0 Å². The Labute approximate surface area is 128 Å². The number of hydrogen-bond acceptors (Lipinski definition) is 4. The second kappa shape index (κ2) is 6.07. The third kappa shape index (κ3) is 3.48. The lowest BCUT2D eigenvalue weighted by atomic mass is 10.2. The highest BCUT2D eigenvalue weighted by molar-refractivity contribution is 6.37. The highest BCUT2D eigenvalue weighted by Gasteiger charge is 2.17. The van der Waals surface area contributed by atoms with Gasteiger partial charge in [-0.1, -0.05) is 23.2 Å². The van der Waals surface area contributed by atoms with Gasteiger partial charge in [0.05, 0.1) is 15.0 Å². The molecule has 0 heterocycles. The lowest BCUT2D eigenvalue weighted by Crippen LogP contribution is -1.93. The Kier molecular flexibility index (Phi) is 4.40. The molecule has 5 nitrogen and oxygen atoms in total. The molecule has 0 atom stereocenters. The van der Waals surface area contributed by atoms with Gasteiger partial charge in [-0.25, -0.2) is 4.39 Å². The van der Waals surface area contributed by atoms with Crippen molar-refractivity contribution in [1.29, 1.82) is 0 Å². The first kappa shape index (κ1) is 15.2. The third-order valence-electron chi connectivity index (χ3n) is 2.44. The van der Waals surface area contributed by atoms with Gasteiger partial charge in [-0.2, -0.15) is 0 Å². The van der Waals surface area contributed by atoms with Crippen LogP contribution in [-0.4, -0.2) is 11.2 Å². The minimum Gasteiger partial charge on any atom is -0.454 e. The zero-order valence-corrected chi connectivity index (χ0v) is 11.7. The molecule has 0 radical (unpaired) electrons. The quantitative estimate of drug-likeness (QED) is 0.465. The number of carbonyl (C=O) groups excluding carboxylic acids is 1. The molecule has 0 saturated heterocycles. The maximum atomic E-state index is 13.3. The molecule has 2 rings (SSSR count). The van der Waals surface area contributed by atoms with Crippen molar-refractivity contribution >= 4 is 35.2 Å². The Balaban J connectivity index is 2.42. The Hall–Kier alpha value is -2.18. The lowest BCUT2D eigenvalue weighted by Gasteiger charge is -2.10. The summed E-state index contributed by atoms with van der Waals surface area (Å²) in [5, 5.41) is 10.5. The fourth-order valence-corrected chi connectivity index (χ4v) is 2.13. The van der Waals surface area contributed by atoms with Gasteiger partial charge < -0.3 is 4.74 Å². The predicted octanol–water partition coefficient (Wildman–Crippen LogP) is 4.65. The minimum atomic E-state index is -0.677. The lowest BCUT2D eigenvalue weighted by molar-refractivity contribution is -0.384. The largest absolute Gasteiger partial charge is 0.454 e. The summed E-state index contributed by atoms with van der Waals surface area (Å²) in [6.45, 7) is 0. The van der Waals surface area contributed by atoms with Crippen LogP contribution >= 0.6 is 23.2 Å². The van der Waals surface area contributed by atoms with Gasteiger partial charge in [0.2, 0.25) is 0 Å². The van der Waals surface area contributed by atoms with Gasteiger partial charge in [0, 0.05) is 23.8 Å². The van der Waals surface area contributed by atoms with E-state index in [1.54, 1.807) is 0 Å². The summed E-state index contributed by atoms with van der Waals surface area (Å²) in [6.07, 6.45) is 0.453. The van der Waals surface area contributed by atoms with Crippen LogP contribution in [0.5, 0.6) is 11.5 Å². The number of non-ortho nitro benzene ring substituents is 1. The molecule has 0 fully saturated rings. The summed E-state index contributed by atoms with van der Waals surface area (Å²) >= 11 is 11.7. The monoisotopic (exact) mass is 329 g/mol. The van der Waals surface area contributed by atoms with E-state index in [-0.39, 0.29) is 32.8 Å². The highest BCUT2D eigenvalue weighted by Crippen LogP contribution is 2.39. The molecule has 21 heavy (non-hydrogen) atoms. The first-order valence-electron chi connectivity index (χ1n) is 5.48. The van der Waals surface area contributed by atoms with Gasteiger partial charge >= 0.3 is 0 Å². The molecule has 0 bridgehead atoms. The van der Waals surface area contributed by atoms with Gasteiger partial charge in [0.1, 0.15) is 17.9 Å². The smallest absolute Gasteiger partial charge is 0.272 e. The Morgan fingerprint density at radius 1 is 1.14 bits per heavy atom. The second-order valence-electron chi connectivity index (χ2n) is 3.94. The fraction of sp³-hybridized carbons (Fsp3) is 0. The molecule has 2 aromatic carbocycles. The SMILES string of the molecule is O=Cc1cc(F)cc(Oc2c(Cl)cc([N+](=O)[O-])cc2Cl)c1. The van der Waals surface area contributed by atoms with Crippen molar-refractivity contribution < 1.29 is 18.8 Å². The van der Waals surface area contributed by atoms with Crippen molar-refractivity contribution in [2.45, 2.75) is 0 Å². The normalized spacial score (nSPS) is 10.2. The average molecular weight is 330 g/mol. The predicted molar refractivity (Wildman–Crippen MR) is 75.0 cm³/mol. The van der Waals surface area contributed by atoms with E-state index in [0.717, 1.165) is 24.3 Å². The Bertz CT molecular complexity index is 713.